The van der Waals surface area contributed by atoms with Gasteiger partial charge >= 0.3 is 0 Å². The Morgan fingerprint density at radius 3 is 2.56 bits per heavy atom. The van der Waals surface area contributed by atoms with Gasteiger partial charge in [0, 0.05) is 29.9 Å². The molecule has 2 atom stereocenters. The average Bonchev–Trinajstić information content (AvgIpc) is 2.38. The van der Waals surface area contributed by atoms with Crippen LogP contribution in [0.25, 0.3) is 0 Å². The molecule has 102 valence electrons. The molecule has 1 aromatic carbocycles. The minimum absolute atomic E-state index is 0.0525. The van der Waals surface area contributed by atoms with Crippen LogP contribution in [-0.4, -0.2) is 36.5 Å². The summed E-state index contributed by atoms with van der Waals surface area (Å²) in [5, 5.41) is 0. The fourth-order valence-corrected chi connectivity index (χ4v) is 3.08. The monoisotopic (exact) mass is 270 g/mol. The first-order chi connectivity index (χ1) is 8.65. The van der Waals surface area contributed by atoms with E-state index in [0.29, 0.717) is 18.2 Å². The Morgan fingerprint density at radius 2 is 2.06 bits per heavy atom. The van der Waals surface area contributed by atoms with Gasteiger partial charge in [0.1, 0.15) is 5.82 Å². The van der Waals surface area contributed by atoms with Gasteiger partial charge in [0.15, 0.2) is 0 Å². The Bertz CT molecular complexity index is 359. The summed E-state index contributed by atoms with van der Waals surface area (Å²) in [4.78, 5) is 2.20. The van der Waals surface area contributed by atoms with Crippen LogP contribution in [0.5, 0.6) is 0 Å². The molecule has 0 aliphatic heterocycles. The van der Waals surface area contributed by atoms with E-state index in [1.54, 1.807) is 6.07 Å². The Hall–Kier alpha value is -0.580. The van der Waals surface area contributed by atoms with Crippen LogP contribution < -0.4 is 5.73 Å². The normalized spacial score (nSPS) is 14.8. The lowest BCUT2D eigenvalue weighted by molar-refractivity contribution is 0.184. The molecule has 0 fully saturated rings. The second kappa shape index (κ2) is 7.77. The van der Waals surface area contributed by atoms with E-state index in [1.165, 1.54) is 6.07 Å². The third-order valence-electron chi connectivity index (χ3n) is 3.39. The van der Waals surface area contributed by atoms with Gasteiger partial charge in [-0.15, -0.1) is 0 Å². The summed E-state index contributed by atoms with van der Waals surface area (Å²) in [6.07, 6.45) is 3.14. The Morgan fingerprint density at radius 1 is 1.39 bits per heavy atom. The molecule has 0 spiro atoms. The molecule has 18 heavy (non-hydrogen) atoms. The van der Waals surface area contributed by atoms with Crippen molar-refractivity contribution in [3.63, 3.8) is 0 Å². The highest BCUT2D eigenvalue weighted by Crippen LogP contribution is 2.24. The number of hydrogen-bond acceptors (Lipinski definition) is 3. The number of benzene rings is 1. The molecule has 0 saturated heterocycles. The van der Waals surface area contributed by atoms with Crippen LogP contribution in [-0.2, 0) is 0 Å². The zero-order chi connectivity index (χ0) is 13.5. The molecule has 1 rings (SSSR count). The zero-order valence-corrected chi connectivity index (χ0v) is 12.2. The summed E-state index contributed by atoms with van der Waals surface area (Å²) < 4.78 is 13.9. The third kappa shape index (κ3) is 3.70. The number of thioether (sulfide) groups is 1. The number of nitrogens with two attached hydrogens (primary N) is 1. The van der Waals surface area contributed by atoms with Gasteiger partial charge in [-0.05, 0) is 25.8 Å². The van der Waals surface area contributed by atoms with Crippen molar-refractivity contribution in [1.82, 2.24) is 4.90 Å². The van der Waals surface area contributed by atoms with E-state index in [0.717, 1.165) is 12.2 Å². The van der Waals surface area contributed by atoms with Crippen LogP contribution in [0, 0.1) is 5.82 Å². The van der Waals surface area contributed by atoms with Crippen LogP contribution in [0.2, 0.25) is 0 Å². The van der Waals surface area contributed by atoms with Gasteiger partial charge in [-0.1, -0.05) is 25.1 Å². The van der Waals surface area contributed by atoms with Crippen molar-refractivity contribution in [3.05, 3.63) is 35.6 Å². The molecule has 1 aromatic rings. The number of halogens is 1. The smallest absolute Gasteiger partial charge is 0.128 e. The molecule has 2 N–H and O–H groups in total. The number of rotatable bonds is 7. The number of nitrogens with zero attached hydrogens (tertiary/aromatic N) is 1. The molecule has 2 nitrogen and oxygen atoms in total. The summed E-state index contributed by atoms with van der Waals surface area (Å²) >= 11 is 1.81. The minimum Gasteiger partial charge on any atom is -0.329 e. The lowest BCUT2D eigenvalue weighted by Crippen LogP contribution is -2.40. The first kappa shape index (κ1) is 15.5. The van der Waals surface area contributed by atoms with Crippen molar-refractivity contribution in [2.24, 2.45) is 5.73 Å². The van der Waals surface area contributed by atoms with Crippen molar-refractivity contribution in [2.45, 2.75) is 25.4 Å². The fourth-order valence-electron chi connectivity index (χ4n) is 2.23. The molecule has 0 heterocycles. The second-order valence-electron chi connectivity index (χ2n) is 4.46. The van der Waals surface area contributed by atoms with Crippen molar-refractivity contribution in [2.75, 3.05) is 25.6 Å². The maximum absolute atomic E-state index is 13.9. The van der Waals surface area contributed by atoms with Crippen LogP contribution in [0.1, 0.15) is 24.9 Å². The first-order valence-corrected chi connectivity index (χ1v) is 7.70. The van der Waals surface area contributed by atoms with Crippen molar-refractivity contribution < 1.29 is 4.39 Å². The quantitative estimate of drug-likeness (QED) is 0.826. The largest absolute Gasteiger partial charge is 0.329 e. The van der Waals surface area contributed by atoms with E-state index in [1.807, 2.05) is 30.9 Å². The van der Waals surface area contributed by atoms with Crippen molar-refractivity contribution >= 4 is 11.8 Å². The highest BCUT2D eigenvalue weighted by molar-refractivity contribution is 7.98. The lowest BCUT2D eigenvalue weighted by Gasteiger charge is -2.34. The van der Waals surface area contributed by atoms with Gasteiger partial charge in [-0.25, -0.2) is 4.39 Å². The molecular formula is C14H23FN2S. The first-order valence-electron chi connectivity index (χ1n) is 6.31. The standard InChI is InChI=1S/C14H23FN2S/c1-4-11(10-18-3)17(2)14(9-16)12-7-5-6-8-13(12)15/h5-8,11,14H,4,9-10,16H2,1-3H3. The summed E-state index contributed by atoms with van der Waals surface area (Å²) in [6, 6.07) is 7.28. The predicted molar refractivity (Wildman–Crippen MR) is 78.4 cm³/mol. The summed E-state index contributed by atoms with van der Waals surface area (Å²) in [5.41, 5.74) is 6.54. The van der Waals surface area contributed by atoms with E-state index in [-0.39, 0.29) is 11.9 Å². The van der Waals surface area contributed by atoms with Gasteiger partial charge in [-0.2, -0.15) is 11.8 Å². The SMILES string of the molecule is CCC(CSC)N(C)C(CN)c1ccccc1F. The highest BCUT2D eigenvalue weighted by Gasteiger charge is 2.23. The molecule has 0 bridgehead atoms. The van der Waals surface area contributed by atoms with E-state index in [9.17, 15) is 4.39 Å². The zero-order valence-electron chi connectivity index (χ0n) is 11.4. The maximum atomic E-state index is 13.9. The molecule has 0 aromatic heterocycles. The van der Waals surface area contributed by atoms with Crippen LogP contribution >= 0.6 is 11.8 Å². The second-order valence-corrected chi connectivity index (χ2v) is 5.37. The molecule has 0 radical (unpaired) electrons. The molecular weight excluding hydrogens is 247 g/mol. The van der Waals surface area contributed by atoms with Gasteiger partial charge in [-0.3, -0.25) is 4.90 Å². The van der Waals surface area contributed by atoms with E-state index in [4.69, 9.17) is 5.73 Å². The molecule has 4 heteroatoms. The lowest BCUT2D eigenvalue weighted by atomic mass is 10.0. The average molecular weight is 270 g/mol. The summed E-state index contributed by atoms with van der Waals surface area (Å²) in [5.74, 6) is 0.872. The van der Waals surface area contributed by atoms with Crippen molar-refractivity contribution in [3.8, 4) is 0 Å². The summed E-state index contributed by atoms with van der Waals surface area (Å²) in [6.45, 7) is 2.59. The minimum atomic E-state index is -0.168. The third-order valence-corrected chi connectivity index (χ3v) is 4.10. The Balaban J connectivity index is 2.92. The predicted octanol–water partition coefficient (Wildman–Crippen LogP) is 2.90. The van der Waals surface area contributed by atoms with Crippen LogP contribution in [0.3, 0.4) is 0 Å². The van der Waals surface area contributed by atoms with Crippen LogP contribution in [0.4, 0.5) is 4.39 Å². The van der Waals surface area contributed by atoms with E-state index < -0.39 is 0 Å². The molecule has 0 saturated carbocycles. The topological polar surface area (TPSA) is 29.3 Å². The molecule has 0 amide bonds. The van der Waals surface area contributed by atoms with E-state index in [2.05, 4.69) is 18.1 Å². The fraction of sp³-hybridized carbons (Fsp3) is 0.571. The van der Waals surface area contributed by atoms with Gasteiger partial charge in [0.25, 0.3) is 0 Å². The van der Waals surface area contributed by atoms with Crippen molar-refractivity contribution in [1.29, 1.82) is 0 Å². The number of likely N-dealkylation sites (N-methyl/N-ethyl adjacent to an activating group) is 1. The molecule has 0 aliphatic carbocycles. The van der Waals surface area contributed by atoms with Crippen LogP contribution in [0.15, 0.2) is 24.3 Å². The Kier molecular flexibility index (Phi) is 6.68. The highest BCUT2D eigenvalue weighted by atomic mass is 32.2. The molecule has 2 unspecified atom stereocenters. The van der Waals surface area contributed by atoms with Gasteiger partial charge in [0.05, 0.1) is 0 Å². The number of hydrogen-bond donors (Lipinski definition) is 1. The van der Waals surface area contributed by atoms with E-state index >= 15 is 0 Å². The summed E-state index contributed by atoms with van der Waals surface area (Å²) in [7, 11) is 2.04. The Labute approximate surface area is 114 Å². The van der Waals surface area contributed by atoms with Gasteiger partial charge in [0.2, 0.25) is 0 Å². The molecule has 0 aliphatic rings. The van der Waals surface area contributed by atoms with Gasteiger partial charge < -0.3 is 5.73 Å². The maximum Gasteiger partial charge on any atom is 0.128 e.